The van der Waals surface area contributed by atoms with Gasteiger partial charge in [-0.25, -0.2) is 0 Å². The fraction of sp³-hybridized carbons (Fsp3) is 0.429. The molecule has 1 aliphatic heterocycles. The van der Waals surface area contributed by atoms with Crippen molar-refractivity contribution in [3.05, 3.63) is 29.8 Å². The van der Waals surface area contributed by atoms with E-state index in [1.807, 2.05) is 0 Å². The molecule has 1 fully saturated rings. The Kier molecular flexibility index (Phi) is 4.57. The van der Waals surface area contributed by atoms with E-state index in [1.54, 1.807) is 29.2 Å². The van der Waals surface area contributed by atoms with Crippen LogP contribution in [0.25, 0.3) is 0 Å². The normalized spacial score (nSPS) is 18.1. The maximum absolute atomic E-state index is 11.9. The molecule has 1 heterocycles. The van der Waals surface area contributed by atoms with Crippen molar-refractivity contribution in [2.75, 3.05) is 19.7 Å². The molecule has 0 spiro atoms. The second-order valence-electron chi connectivity index (χ2n) is 4.88. The molecule has 1 aromatic rings. The van der Waals surface area contributed by atoms with Gasteiger partial charge < -0.3 is 21.1 Å². The lowest BCUT2D eigenvalue weighted by atomic mass is 10.2. The first-order chi connectivity index (χ1) is 9.56. The van der Waals surface area contributed by atoms with Crippen LogP contribution < -0.4 is 16.2 Å². The number of hydrogen-bond donors (Lipinski definition) is 2. The molecule has 0 saturated carbocycles. The molecule has 0 aromatic heterocycles. The fourth-order valence-corrected chi connectivity index (χ4v) is 2.17. The fourth-order valence-electron chi connectivity index (χ4n) is 2.17. The van der Waals surface area contributed by atoms with Crippen molar-refractivity contribution in [3.8, 4) is 5.75 Å². The van der Waals surface area contributed by atoms with Crippen molar-refractivity contribution in [2.45, 2.75) is 18.9 Å². The Bertz CT molecular complexity index is 504. The molecule has 1 atom stereocenters. The molecular weight excluding hydrogens is 258 g/mol. The molecule has 20 heavy (non-hydrogen) atoms. The Morgan fingerprint density at radius 3 is 2.85 bits per heavy atom. The average Bonchev–Trinajstić information content (AvgIpc) is 2.86. The van der Waals surface area contributed by atoms with E-state index in [2.05, 4.69) is 0 Å². The minimum Gasteiger partial charge on any atom is -0.493 e. The standard InChI is InChI=1S/C14H19N3O3/c15-11-4-6-17(9-11)13(18)5-7-20-12-3-1-2-10(8-12)14(16)19/h1-3,8,11H,4-7,9,15H2,(H2,16,19)/t11-/m1/s1. The highest BCUT2D eigenvalue weighted by Gasteiger charge is 2.23. The summed E-state index contributed by atoms with van der Waals surface area (Å²) < 4.78 is 5.47. The predicted octanol–water partition coefficient (Wildman–Crippen LogP) is 0.114. The van der Waals surface area contributed by atoms with Crippen molar-refractivity contribution >= 4 is 11.8 Å². The molecule has 1 saturated heterocycles. The highest BCUT2D eigenvalue weighted by Crippen LogP contribution is 2.14. The number of carbonyl (C=O) groups excluding carboxylic acids is 2. The highest BCUT2D eigenvalue weighted by atomic mass is 16.5. The highest BCUT2D eigenvalue weighted by molar-refractivity contribution is 5.93. The number of benzene rings is 1. The number of carbonyl (C=O) groups is 2. The summed E-state index contributed by atoms with van der Waals surface area (Å²) >= 11 is 0. The Labute approximate surface area is 117 Å². The first kappa shape index (κ1) is 14.3. The lowest BCUT2D eigenvalue weighted by Crippen LogP contribution is -2.32. The van der Waals surface area contributed by atoms with Gasteiger partial charge in [0, 0.05) is 24.7 Å². The summed E-state index contributed by atoms with van der Waals surface area (Å²) in [5.41, 5.74) is 11.3. The van der Waals surface area contributed by atoms with Gasteiger partial charge in [-0.2, -0.15) is 0 Å². The summed E-state index contributed by atoms with van der Waals surface area (Å²) in [4.78, 5) is 24.7. The SMILES string of the molecule is NC(=O)c1cccc(OCCC(=O)N2CC[C@@H](N)C2)c1. The van der Waals surface area contributed by atoms with Gasteiger partial charge in [0.15, 0.2) is 0 Å². The maximum Gasteiger partial charge on any atom is 0.248 e. The molecule has 4 N–H and O–H groups in total. The van der Waals surface area contributed by atoms with Gasteiger partial charge in [-0.15, -0.1) is 0 Å². The Morgan fingerprint density at radius 1 is 1.40 bits per heavy atom. The van der Waals surface area contributed by atoms with Gasteiger partial charge in [-0.1, -0.05) is 6.07 Å². The summed E-state index contributed by atoms with van der Waals surface area (Å²) in [6, 6.07) is 6.69. The molecule has 1 aromatic carbocycles. The maximum atomic E-state index is 11.9. The second kappa shape index (κ2) is 6.38. The number of hydrogen-bond acceptors (Lipinski definition) is 4. The van der Waals surface area contributed by atoms with E-state index in [0.29, 0.717) is 24.3 Å². The van der Waals surface area contributed by atoms with Crippen LogP contribution in [0.15, 0.2) is 24.3 Å². The van der Waals surface area contributed by atoms with E-state index in [1.165, 1.54) is 0 Å². The van der Waals surface area contributed by atoms with Crippen LogP contribution in [-0.2, 0) is 4.79 Å². The summed E-state index contributed by atoms with van der Waals surface area (Å²) in [5.74, 6) is 0.0776. The Hall–Kier alpha value is -2.08. The number of rotatable bonds is 5. The van der Waals surface area contributed by atoms with Crippen molar-refractivity contribution in [1.29, 1.82) is 0 Å². The molecule has 0 bridgehead atoms. The van der Waals surface area contributed by atoms with Gasteiger partial charge in [-0.05, 0) is 24.6 Å². The van der Waals surface area contributed by atoms with Gasteiger partial charge in [-0.3, -0.25) is 9.59 Å². The van der Waals surface area contributed by atoms with E-state index < -0.39 is 5.91 Å². The van der Waals surface area contributed by atoms with Crippen molar-refractivity contribution < 1.29 is 14.3 Å². The minimum absolute atomic E-state index is 0.0454. The molecule has 6 heteroatoms. The van der Waals surface area contributed by atoms with Crippen LogP contribution >= 0.6 is 0 Å². The number of amides is 2. The minimum atomic E-state index is -0.502. The van der Waals surface area contributed by atoms with Crippen molar-refractivity contribution in [3.63, 3.8) is 0 Å². The smallest absolute Gasteiger partial charge is 0.248 e. The predicted molar refractivity (Wildman–Crippen MR) is 74.2 cm³/mol. The molecule has 0 radical (unpaired) electrons. The number of nitrogens with two attached hydrogens (primary N) is 2. The van der Waals surface area contributed by atoms with Gasteiger partial charge in [0.2, 0.25) is 11.8 Å². The van der Waals surface area contributed by atoms with Crippen LogP contribution in [0.3, 0.4) is 0 Å². The van der Waals surface area contributed by atoms with Crippen molar-refractivity contribution in [2.24, 2.45) is 11.5 Å². The molecule has 6 nitrogen and oxygen atoms in total. The molecule has 1 aliphatic rings. The topological polar surface area (TPSA) is 98.7 Å². The van der Waals surface area contributed by atoms with Gasteiger partial charge >= 0.3 is 0 Å². The zero-order valence-electron chi connectivity index (χ0n) is 11.2. The molecule has 2 rings (SSSR count). The largest absolute Gasteiger partial charge is 0.493 e. The third-order valence-electron chi connectivity index (χ3n) is 3.28. The first-order valence-electron chi connectivity index (χ1n) is 6.62. The van der Waals surface area contributed by atoms with Gasteiger partial charge in [0.1, 0.15) is 5.75 Å². The third kappa shape index (κ3) is 3.71. The number of ether oxygens (including phenoxy) is 1. The molecule has 0 aliphatic carbocycles. The van der Waals surface area contributed by atoms with Crippen molar-refractivity contribution in [1.82, 2.24) is 4.90 Å². The summed E-state index contributed by atoms with van der Waals surface area (Å²) in [7, 11) is 0. The van der Waals surface area contributed by atoms with Crippen LogP contribution in [0.2, 0.25) is 0 Å². The van der Waals surface area contributed by atoms with E-state index in [-0.39, 0.29) is 18.6 Å². The molecule has 2 amide bonds. The quantitative estimate of drug-likeness (QED) is 0.798. The van der Waals surface area contributed by atoms with Crippen LogP contribution in [0.5, 0.6) is 5.75 Å². The lowest BCUT2D eigenvalue weighted by Gasteiger charge is -2.15. The number of nitrogens with zero attached hydrogens (tertiary/aromatic N) is 1. The molecule has 108 valence electrons. The van der Waals surface area contributed by atoms with Crippen LogP contribution in [0.4, 0.5) is 0 Å². The summed E-state index contributed by atoms with van der Waals surface area (Å²) in [6.07, 6.45) is 1.15. The summed E-state index contributed by atoms with van der Waals surface area (Å²) in [6.45, 7) is 1.61. The number of likely N-dealkylation sites (tertiary alicyclic amines) is 1. The zero-order chi connectivity index (χ0) is 14.5. The second-order valence-corrected chi connectivity index (χ2v) is 4.88. The molecular formula is C14H19N3O3. The Balaban J connectivity index is 1.79. The van der Waals surface area contributed by atoms with Crippen LogP contribution in [0.1, 0.15) is 23.2 Å². The van der Waals surface area contributed by atoms with E-state index in [0.717, 1.165) is 13.0 Å². The zero-order valence-corrected chi connectivity index (χ0v) is 11.2. The van der Waals surface area contributed by atoms with Crippen LogP contribution in [-0.4, -0.2) is 42.5 Å². The Morgan fingerprint density at radius 2 is 2.20 bits per heavy atom. The summed E-state index contributed by atoms with van der Waals surface area (Å²) in [5, 5.41) is 0. The van der Waals surface area contributed by atoms with E-state index in [4.69, 9.17) is 16.2 Å². The van der Waals surface area contributed by atoms with Crippen LogP contribution in [0, 0.1) is 0 Å². The van der Waals surface area contributed by atoms with Gasteiger partial charge in [0.05, 0.1) is 13.0 Å². The van der Waals surface area contributed by atoms with Gasteiger partial charge in [0.25, 0.3) is 0 Å². The monoisotopic (exact) mass is 277 g/mol. The van der Waals surface area contributed by atoms with E-state index >= 15 is 0 Å². The number of primary amides is 1. The lowest BCUT2D eigenvalue weighted by molar-refractivity contribution is -0.130. The average molecular weight is 277 g/mol. The first-order valence-corrected chi connectivity index (χ1v) is 6.62. The molecule has 0 unspecified atom stereocenters. The van der Waals surface area contributed by atoms with E-state index in [9.17, 15) is 9.59 Å². The third-order valence-corrected chi connectivity index (χ3v) is 3.28.